The molecule has 3 atom stereocenters. The third kappa shape index (κ3) is 3.24. The van der Waals surface area contributed by atoms with Gasteiger partial charge in [0.25, 0.3) is 0 Å². The molecule has 0 aromatic heterocycles. The molecule has 160 valence electrons. The minimum Gasteiger partial charge on any atom is -0.495 e. The summed E-state index contributed by atoms with van der Waals surface area (Å²) < 4.78 is 35.7. The predicted octanol–water partition coefficient (Wildman–Crippen LogP) is 1.85. The van der Waals surface area contributed by atoms with Crippen LogP contribution in [0.4, 0.5) is 0 Å². The Balaban J connectivity index is 1.58. The average Bonchev–Trinajstić information content (AvgIpc) is 2.99. The maximum atomic E-state index is 13.6. The molecule has 0 radical (unpaired) electrons. The summed E-state index contributed by atoms with van der Waals surface area (Å²) in [6.07, 6.45) is 0. The first-order chi connectivity index (χ1) is 14.4. The number of piperidine rings is 2. The van der Waals surface area contributed by atoms with Crippen molar-refractivity contribution in [1.29, 1.82) is 0 Å². The van der Waals surface area contributed by atoms with Crippen LogP contribution in [0.3, 0.4) is 0 Å². The second-order valence-corrected chi connectivity index (χ2v) is 10.7. The average molecular weight is 428 g/mol. The van der Waals surface area contributed by atoms with Crippen LogP contribution >= 0.6 is 0 Å². The molecule has 0 spiro atoms. The number of methoxy groups -OCH3 is 1. The number of hydrogen-bond donors (Lipinski definition) is 1. The zero-order valence-electron chi connectivity index (χ0n) is 17.5. The maximum Gasteiger partial charge on any atom is 0.244 e. The van der Waals surface area contributed by atoms with Gasteiger partial charge in [-0.05, 0) is 30.2 Å². The van der Waals surface area contributed by atoms with Gasteiger partial charge in [0.1, 0.15) is 10.6 Å². The molecule has 2 aromatic carbocycles. The van der Waals surface area contributed by atoms with Crippen molar-refractivity contribution < 1.29 is 13.2 Å². The molecule has 2 aromatic rings. The van der Waals surface area contributed by atoms with Crippen LogP contribution in [0.1, 0.15) is 11.1 Å². The molecular formula is C23H29N3O3S. The highest BCUT2D eigenvalue weighted by Gasteiger charge is 2.56. The highest BCUT2D eigenvalue weighted by Crippen LogP contribution is 2.44. The minimum absolute atomic E-state index is 0.152. The number of rotatable bonds is 5. The lowest BCUT2D eigenvalue weighted by Crippen LogP contribution is -2.70. The van der Waals surface area contributed by atoms with Gasteiger partial charge >= 0.3 is 0 Å². The van der Waals surface area contributed by atoms with Gasteiger partial charge in [-0.15, -0.1) is 0 Å². The van der Waals surface area contributed by atoms with Gasteiger partial charge < -0.3 is 14.5 Å². The summed E-state index contributed by atoms with van der Waals surface area (Å²) in [7, 11) is -2.22. The molecule has 4 saturated heterocycles. The fourth-order valence-corrected chi connectivity index (χ4v) is 7.38. The van der Waals surface area contributed by atoms with Crippen LogP contribution < -0.4 is 9.46 Å². The Hall–Kier alpha value is -1.93. The Morgan fingerprint density at radius 3 is 2.33 bits per heavy atom. The monoisotopic (exact) mass is 427 g/mol. The third-order valence-corrected chi connectivity index (χ3v) is 8.50. The Kier molecular flexibility index (Phi) is 4.89. The smallest absolute Gasteiger partial charge is 0.244 e. The van der Waals surface area contributed by atoms with Crippen molar-refractivity contribution in [2.45, 2.75) is 23.3 Å². The standard InChI is InChI=1S/C23H29N3O3S/c1-17-8-9-20(29-2)21(12-17)30(27,28)24-22-18-13-25-10-11-26(14-18)16-23(22,15-25)19-6-4-3-5-7-19/h3-9,12,18,22,24H,10-11,13-16H2,1-2H3/t18?,22-,23?/m0/s1. The molecule has 4 aliphatic heterocycles. The highest BCUT2D eigenvalue weighted by atomic mass is 32.2. The molecule has 4 bridgehead atoms. The van der Waals surface area contributed by atoms with Crippen LogP contribution in [0.25, 0.3) is 0 Å². The van der Waals surface area contributed by atoms with E-state index in [4.69, 9.17) is 4.74 Å². The zero-order valence-corrected chi connectivity index (χ0v) is 18.4. The van der Waals surface area contributed by atoms with Gasteiger partial charge in [0.2, 0.25) is 10.0 Å². The molecule has 2 unspecified atom stereocenters. The number of ether oxygens (including phenoxy) is 1. The summed E-state index contributed by atoms with van der Waals surface area (Å²) in [6.45, 7) is 7.63. The number of benzene rings is 2. The summed E-state index contributed by atoms with van der Waals surface area (Å²) in [5.41, 5.74) is 1.85. The van der Waals surface area contributed by atoms with E-state index in [1.807, 2.05) is 19.1 Å². The number of hydrogen-bond acceptors (Lipinski definition) is 5. The van der Waals surface area contributed by atoms with E-state index in [0.29, 0.717) is 5.75 Å². The Labute approximate surface area is 178 Å². The first kappa shape index (κ1) is 20.0. The lowest BCUT2D eigenvalue weighted by molar-refractivity contribution is 0.0281. The van der Waals surface area contributed by atoms with E-state index in [0.717, 1.165) is 44.8 Å². The lowest BCUT2D eigenvalue weighted by atomic mass is 9.65. The Bertz CT molecular complexity index is 1020. The van der Waals surface area contributed by atoms with Crippen LogP contribution in [0.2, 0.25) is 0 Å². The number of nitrogens with zero attached hydrogens (tertiary/aromatic N) is 2. The minimum atomic E-state index is -3.74. The predicted molar refractivity (Wildman–Crippen MR) is 116 cm³/mol. The van der Waals surface area contributed by atoms with Gasteiger partial charge in [0.15, 0.2) is 0 Å². The molecule has 1 N–H and O–H groups in total. The van der Waals surface area contributed by atoms with Gasteiger partial charge in [-0.2, -0.15) is 0 Å². The van der Waals surface area contributed by atoms with Crippen molar-refractivity contribution in [3.05, 3.63) is 59.7 Å². The van der Waals surface area contributed by atoms with Crippen LogP contribution in [-0.2, 0) is 15.4 Å². The fourth-order valence-electron chi connectivity index (χ4n) is 5.75. The van der Waals surface area contributed by atoms with Gasteiger partial charge in [0.05, 0.1) is 7.11 Å². The summed E-state index contributed by atoms with van der Waals surface area (Å²) >= 11 is 0. The number of nitrogens with one attached hydrogen (secondary N) is 1. The number of fused-ring (bicyclic) bond motifs is 1. The molecule has 0 aliphatic carbocycles. The van der Waals surface area contributed by atoms with E-state index in [2.05, 4.69) is 38.8 Å². The van der Waals surface area contributed by atoms with Crippen molar-refractivity contribution in [2.24, 2.45) is 5.92 Å². The van der Waals surface area contributed by atoms with Crippen molar-refractivity contribution in [3.63, 3.8) is 0 Å². The summed E-state index contributed by atoms with van der Waals surface area (Å²) in [5.74, 6) is 0.635. The van der Waals surface area contributed by atoms with Crippen molar-refractivity contribution in [2.75, 3.05) is 46.4 Å². The second kappa shape index (κ2) is 7.34. The first-order valence-electron chi connectivity index (χ1n) is 10.6. The molecule has 7 heteroatoms. The Morgan fingerprint density at radius 1 is 1.03 bits per heavy atom. The molecule has 4 aliphatic rings. The topological polar surface area (TPSA) is 61.9 Å². The third-order valence-electron chi connectivity index (χ3n) is 7.04. The van der Waals surface area contributed by atoms with E-state index in [-0.39, 0.29) is 22.3 Å². The second-order valence-electron chi connectivity index (χ2n) is 9.01. The Morgan fingerprint density at radius 2 is 1.70 bits per heavy atom. The molecule has 30 heavy (non-hydrogen) atoms. The maximum absolute atomic E-state index is 13.6. The number of sulfonamides is 1. The van der Waals surface area contributed by atoms with Crippen molar-refractivity contribution in [1.82, 2.24) is 14.5 Å². The summed E-state index contributed by atoms with van der Waals surface area (Å²) in [6, 6.07) is 15.6. The fraction of sp³-hybridized carbons (Fsp3) is 0.478. The van der Waals surface area contributed by atoms with E-state index in [9.17, 15) is 8.42 Å². The van der Waals surface area contributed by atoms with Gasteiger partial charge in [0, 0.05) is 56.6 Å². The molecular weight excluding hydrogens is 398 g/mol. The van der Waals surface area contributed by atoms with E-state index in [1.165, 1.54) is 12.7 Å². The van der Waals surface area contributed by atoms with E-state index >= 15 is 0 Å². The summed E-state index contributed by atoms with van der Waals surface area (Å²) in [5, 5.41) is 0. The highest BCUT2D eigenvalue weighted by molar-refractivity contribution is 7.89. The molecule has 4 fully saturated rings. The van der Waals surface area contributed by atoms with Gasteiger partial charge in [-0.1, -0.05) is 36.4 Å². The van der Waals surface area contributed by atoms with Crippen LogP contribution in [0.5, 0.6) is 5.75 Å². The quantitative estimate of drug-likeness (QED) is 0.789. The largest absolute Gasteiger partial charge is 0.495 e. The van der Waals surface area contributed by atoms with Crippen LogP contribution in [0.15, 0.2) is 53.4 Å². The normalized spacial score (nSPS) is 32.7. The van der Waals surface area contributed by atoms with Gasteiger partial charge in [-0.3, -0.25) is 0 Å². The van der Waals surface area contributed by atoms with E-state index in [1.54, 1.807) is 12.1 Å². The van der Waals surface area contributed by atoms with Crippen molar-refractivity contribution >= 4 is 10.0 Å². The van der Waals surface area contributed by atoms with E-state index < -0.39 is 10.0 Å². The molecule has 6 rings (SSSR count). The lowest BCUT2D eigenvalue weighted by Gasteiger charge is -2.55. The van der Waals surface area contributed by atoms with Crippen LogP contribution in [-0.4, -0.2) is 70.6 Å². The first-order valence-corrected chi connectivity index (χ1v) is 12.1. The SMILES string of the molecule is COc1ccc(C)cc1S(=O)(=O)N[C@H]1C2CN3CCN(C2)CC1(c1ccccc1)C3. The van der Waals surface area contributed by atoms with Gasteiger partial charge in [-0.25, -0.2) is 13.1 Å². The molecule has 6 nitrogen and oxygen atoms in total. The molecule has 0 amide bonds. The zero-order chi connectivity index (χ0) is 20.9. The van der Waals surface area contributed by atoms with Crippen molar-refractivity contribution in [3.8, 4) is 5.75 Å². The number of aryl methyl sites for hydroxylation is 1. The molecule has 4 heterocycles. The summed E-state index contributed by atoms with van der Waals surface area (Å²) in [4.78, 5) is 5.26. The van der Waals surface area contributed by atoms with Crippen LogP contribution in [0, 0.1) is 12.8 Å². The molecule has 0 saturated carbocycles.